The maximum Gasteiger partial charge on any atom is 0.309 e. The third-order valence-electron chi connectivity index (χ3n) is 6.38. The summed E-state index contributed by atoms with van der Waals surface area (Å²) in [6, 6.07) is 20.6. The first-order valence-corrected chi connectivity index (χ1v) is 12.7. The lowest BCUT2D eigenvalue weighted by Crippen LogP contribution is -2.68. The number of rotatable bonds is 6. The third-order valence-corrected chi connectivity index (χ3v) is 11.5. The van der Waals surface area contributed by atoms with Crippen LogP contribution < -0.4 is 10.4 Å². The zero-order chi connectivity index (χ0) is 22.6. The Morgan fingerprint density at radius 2 is 1.42 bits per heavy atom. The highest BCUT2D eigenvalue weighted by molar-refractivity contribution is 6.99. The molecule has 3 atom stereocenters. The molecule has 2 aromatic rings. The summed E-state index contributed by atoms with van der Waals surface area (Å²) in [5.74, 6) is -2.84. The predicted molar refractivity (Wildman–Crippen MR) is 123 cm³/mol. The Morgan fingerprint density at radius 3 is 1.84 bits per heavy atom. The Hall–Kier alpha value is -2.44. The summed E-state index contributed by atoms with van der Waals surface area (Å²) in [6.45, 7) is 6.61. The summed E-state index contributed by atoms with van der Waals surface area (Å²) in [6.07, 6.45) is 1.15. The van der Waals surface area contributed by atoms with Gasteiger partial charge in [0.15, 0.2) is 0 Å². The minimum Gasteiger partial charge on any atom is -0.481 e. The summed E-state index contributed by atoms with van der Waals surface area (Å²) < 4.78 is 11.9. The first-order valence-electron chi connectivity index (χ1n) is 10.8. The number of carbonyl (C=O) groups is 2. The van der Waals surface area contributed by atoms with Crippen LogP contribution in [0.3, 0.4) is 0 Å². The van der Waals surface area contributed by atoms with Crippen molar-refractivity contribution in [1.82, 2.24) is 0 Å². The Labute approximate surface area is 185 Å². The van der Waals surface area contributed by atoms with Crippen molar-refractivity contribution in [3.63, 3.8) is 0 Å². The van der Waals surface area contributed by atoms with Crippen LogP contribution >= 0.6 is 0 Å². The van der Waals surface area contributed by atoms with E-state index >= 15 is 0 Å². The van der Waals surface area contributed by atoms with Crippen LogP contribution in [0.1, 0.15) is 40.0 Å². The topological polar surface area (TPSA) is 72.8 Å². The first-order chi connectivity index (χ1) is 14.7. The van der Waals surface area contributed by atoms with E-state index in [0.29, 0.717) is 19.3 Å². The fourth-order valence-electron chi connectivity index (χ4n) is 4.89. The molecule has 166 valence electrons. The highest BCUT2D eigenvalue weighted by Crippen LogP contribution is 2.41. The highest BCUT2D eigenvalue weighted by atomic mass is 28.4. The standard InChI is InChI=1S/C25H32O5Si/c1-25(2,3)31(19-11-7-5-8-12-19,20-13-9-6-10-14-20)30-18-15-16-21(24(28)29-4)22(17-18)23(26)27/h5-14,18,21-22H,15-17H2,1-4H3,(H,26,27). The largest absolute Gasteiger partial charge is 0.481 e. The Balaban J connectivity index is 2.04. The minimum atomic E-state index is -2.77. The molecule has 31 heavy (non-hydrogen) atoms. The summed E-state index contributed by atoms with van der Waals surface area (Å²) in [5, 5.41) is 11.9. The molecule has 6 heteroatoms. The van der Waals surface area contributed by atoms with Crippen LogP contribution in [-0.4, -0.2) is 38.6 Å². The number of carboxylic acids is 1. The Bertz CT molecular complexity index is 852. The van der Waals surface area contributed by atoms with E-state index in [2.05, 4.69) is 45.0 Å². The van der Waals surface area contributed by atoms with Crippen molar-refractivity contribution in [2.24, 2.45) is 11.8 Å². The molecule has 0 saturated heterocycles. The van der Waals surface area contributed by atoms with Crippen molar-refractivity contribution < 1.29 is 23.9 Å². The average molecular weight is 441 g/mol. The molecule has 1 N–H and O–H groups in total. The lowest BCUT2D eigenvalue weighted by Gasteiger charge is -2.46. The van der Waals surface area contributed by atoms with Crippen LogP contribution in [0.2, 0.25) is 5.04 Å². The molecule has 5 nitrogen and oxygen atoms in total. The van der Waals surface area contributed by atoms with E-state index in [1.54, 1.807) is 0 Å². The van der Waals surface area contributed by atoms with E-state index in [9.17, 15) is 14.7 Å². The van der Waals surface area contributed by atoms with Crippen LogP contribution in [0, 0.1) is 11.8 Å². The number of esters is 1. The zero-order valence-electron chi connectivity index (χ0n) is 18.7. The van der Waals surface area contributed by atoms with Crippen molar-refractivity contribution in [3.8, 4) is 0 Å². The first kappa shape index (κ1) is 23.2. The second-order valence-corrected chi connectivity index (χ2v) is 13.5. The van der Waals surface area contributed by atoms with Gasteiger partial charge in [-0.25, -0.2) is 0 Å². The molecule has 0 spiro atoms. The van der Waals surface area contributed by atoms with Crippen molar-refractivity contribution >= 4 is 30.6 Å². The molecule has 3 unspecified atom stereocenters. The summed E-state index contributed by atoms with van der Waals surface area (Å²) >= 11 is 0. The van der Waals surface area contributed by atoms with Crippen molar-refractivity contribution in [3.05, 3.63) is 60.7 Å². The minimum absolute atomic E-state index is 0.187. The van der Waals surface area contributed by atoms with Gasteiger partial charge in [-0.15, -0.1) is 0 Å². The summed E-state index contributed by atoms with van der Waals surface area (Å²) in [5.41, 5.74) is 0. The predicted octanol–water partition coefficient (Wildman–Crippen LogP) is 3.61. The van der Waals surface area contributed by atoms with Crippen LogP contribution in [0.5, 0.6) is 0 Å². The summed E-state index contributed by atoms with van der Waals surface area (Å²) in [4.78, 5) is 24.1. The number of carboxylic acid groups (broad SMARTS) is 1. The molecule has 0 heterocycles. The molecule has 1 aliphatic carbocycles. The maximum absolute atomic E-state index is 12.2. The summed E-state index contributed by atoms with van der Waals surface area (Å²) in [7, 11) is -1.46. The fraction of sp³-hybridized carbons (Fsp3) is 0.440. The van der Waals surface area contributed by atoms with E-state index in [1.165, 1.54) is 7.11 Å². The number of hydrogen-bond donors (Lipinski definition) is 1. The normalized spacial score (nSPS) is 22.0. The molecule has 0 aromatic heterocycles. The molecule has 0 amide bonds. The van der Waals surface area contributed by atoms with Gasteiger partial charge in [0.25, 0.3) is 8.32 Å². The number of benzene rings is 2. The van der Waals surface area contributed by atoms with E-state index in [0.717, 1.165) is 10.4 Å². The van der Waals surface area contributed by atoms with Gasteiger partial charge >= 0.3 is 11.9 Å². The lowest BCUT2D eigenvalue weighted by molar-refractivity contribution is -0.159. The van der Waals surface area contributed by atoms with Gasteiger partial charge in [-0.2, -0.15) is 0 Å². The van der Waals surface area contributed by atoms with Crippen molar-refractivity contribution in [2.45, 2.75) is 51.2 Å². The van der Waals surface area contributed by atoms with Crippen LogP contribution in [0.15, 0.2) is 60.7 Å². The maximum atomic E-state index is 12.2. The molecule has 0 aliphatic heterocycles. The van der Waals surface area contributed by atoms with Crippen molar-refractivity contribution in [2.75, 3.05) is 7.11 Å². The molecule has 1 fully saturated rings. The SMILES string of the molecule is COC(=O)C1CCC(O[Si](c2ccccc2)(c2ccccc2)C(C)(C)C)CC1C(=O)O. The van der Waals surface area contributed by atoms with Crippen LogP contribution in [0.4, 0.5) is 0 Å². The second kappa shape index (κ2) is 9.36. The van der Waals surface area contributed by atoms with Gasteiger partial charge in [0.1, 0.15) is 0 Å². The quantitative estimate of drug-likeness (QED) is 0.549. The lowest BCUT2D eigenvalue weighted by atomic mass is 9.78. The number of aliphatic carboxylic acids is 1. The van der Waals surface area contributed by atoms with Crippen LogP contribution in [-0.2, 0) is 18.8 Å². The monoisotopic (exact) mass is 440 g/mol. The van der Waals surface area contributed by atoms with Crippen molar-refractivity contribution in [1.29, 1.82) is 0 Å². The second-order valence-electron chi connectivity index (χ2n) is 9.29. The molecule has 2 aromatic carbocycles. The van der Waals surface area contributed by atoms with E-state index < -0.39 is 32.1 Å². The molecule has 3 rings (SSSR count). The Kier molecular flexibility index (Phi) is 7.02. The molecule has 1 saturated carbocycles. The van der Waals surface area contributed by atoms with Gasteiger partial charge in [-0.1, -0.05) is 81.4 Å². The van der Waals surface area contributed by atoms with Gasteiger partial charge in [-0.05, 0) is 34.7 Å². The van der Waals surface area contributed by atoms with Crippen LogP contribution in [0.25, 0.3) is 0 Å². The molecule has 1 aliphatic rings. The highest BCUT2D eigenvalue weighted by Gasteiger charge is 2.52. The van der Waals surface area contributed by atoms with Gasteiger partial charge < -0.3 is 14.3 Å². The number of hydrogen-bond acceptors (Lipinski definition) is 4. The molecule has 0 radical (unpaired) electrons. The fourth-order valence-corrected chi connectivity index (χ4v) is 9.62. The van der Waals surface area contributed by atoms with E-state index in [1.807, 2.05) is 36.4 Å². The number of methoxy groups -OCH3 is 1. The van der Waals surface area contributed by atoms with E-state index in [4.69, 9.17) is 9.16 Å². The van der Waals surface area contributed by atoms with Gasteiger partial charge in [0.05, 0.1) is 18.9 Å². The smallest absolute Gasteiger partial charge is 0.309 e. The molecular formula is C25H32O5Si. The molecular weight excluding hydrogens is 408 g/mol. The van der Waals surface area contributed by atoms with Gasteiger partial charge in [-0.3, -0.25) is 9.59 Å². The molecule has 0 bridgehead atoms. The zero-order valence-corrected chi connectivity index (χ0v) is 19.7. The third kappa shape index (κ3) is 4.60. The van der Waals surface area contributed by atoms with Gasteiger partial charge in [0.2, 0.25) is 0 Å². The van der Waals surface area contributed by atoms with Gasteiger partial charge in [0, 0.05) is 6.10 Å². The Morgan fingerprint density at radius 1 is 0.903 bits per heavy atom. The van der Waals surface area contributed by atoms with E-state index in [-0.39, 0.29) is 11.1 Å². The average Bonchev–Trinajstić information content (AvgIpc) is 2.77. The number of ether oxygens (including phenoxy) is 1. The number of carbonyl (C=O) groups excluding carboxylic acids is 1.